The number of unbranched alkanes of at least 4 members (excludes halogenated alkanes) is 1. The number of methoxy groups -OCH3 is 1. The van der Waals surface area contributed by atoms with Crippen LogP contribution in [0, 0.1) is 0 Å². The van der Waals surface area contributed by atoms with Crippen LogP contribution in [0.5, 0.6) is 11.5 Å². The normalized spacial score (nSPS) is 11.2. The second-order valence-corrected chi connectivity index (χ2v) is 4.40. The van der Waals surface area contributed by atoms with E-state index < -0.39 is 0 Å². The fraction of sp³-hybridized carbons (Fsp3) is 0.533. The maximum atomic E-state index is 5.79. The summed E-state index contributed by atoms with van der Waals surface area (Å²) in [6.07, 6.45) is 2.23. The highest BCUT2D eigenvalue weighted by molar-refractivity contribution is 5.77. The smallest absolute Gasteiger partial charge is 0.188 e. The minimum Gasteiger partial charge on any atom is -0.493 e. The zero-order valence-electron chi connectivity index (χ0n) is 12.6. The van der Waals surface area contributed by atoms with Gasteiger partial charge in [-0.3, -0.25) is 0 Å². The Morgan fingerprint density at radius 2 is 2.10 bits per heavy atom. The molecule has 5 heteroatoms. The Kier molecular flexibility index (Phi) is 7.32. The van der Waals surface area contributed by atoms with Gasteiger partial charge in [-0.2, -0.15) is 0 Å². The quantitative estimate of drug-likeness (QED) is 0.435. The van der Waals surface area contributed by atoms with Gasteiger partial charge in [0.25, 0.3) is 0 Å². The topological polar surface area (TPSA) is 68.9 Å². The molecule has 0 fully saturated rings. The summed E-state index contributed by atoms with van der Waals surface area (Å²) < 4.78 is 10.8. The molecular formula is C15H25N3O2. The van der Waals surface area contributed by atoms with Gasteiger partial charge in [0.05, 0.1) is 20.3 Å². The van der Waals surface area contributed by atoms with E-state index in [1.54, 1.807) is 7.11 Å². The van der Waals surface area contributed by atoms with Crippen LogP contribution in [0.25, 0.3) is 0 Å². The number of nitrogens with zero attached hydrogens (tertiary/aromatic N) is 1. The molecule has 0 spiro atoms. The summed E-state index contributed by atoms with van der Waals surface area (Å²) in [7, 11) is 1.63. The third-order valence-corrected chi connectivity index (χ3v) is 2.80. The monoisotopic (exact) mass is 279 g/mol. The molecule has 112 valence electrons. The van der Waals surface area contributed by atoms with Gasteiger partial charge < -0.3 is 20.5 Å². The molecule has 0 atom stereocenters. The molecule has 0 saturated carbocycles. The molecular weight excluding hydrogens is 254 g/mol. The Morgan fingerprint density at radius 1 is 1.30 bits per heavy atom. The average Bonchev–Trinajstić information content (AvgIpc) is 2.46. The fourth-order valence-electron chi connectivity index (χ4n) is 1.71. The van der Waals surface area contributed by atoms with Crippen LogP contribution in [0.2, 0.25) is 0 Å². The number of aliphatic imine (C=N–C) groups is 1. The lowest BCUT2D eigenvalue weighted by Gasteiger charge is -2.10. The van der Waals surface area contributed by atoms with Gasteiger partial charge in [-0.05, 0) is 31.0 Å². The second-order valence-electron chi connectivity index (χ2n) is 4.40. The number of benzene rings is 1. The van der Waals surface area contributed by atoms with Crippen molar-refractivity contribution < 1.29 is 9.47 Å². The van der Waals surface area contributed by atoms with E-state index in [2.05, 4.69) is 17.2 Å². The van der Waals surface area contributed by atoms with E-state index in [-0.39, 0.29) is 0 Å². The predicted octanol–water partition coefficient (Wildman–Crippen LogP) is 2.30. The van der Waals surface area contributed by atoms with Crippen molar-refractivity contribution in [3.05, 3.63) is 23.8 Å². The molecule has 0 bridgehead atoms. The number of ether oxygens (including phenoxy) is 2. The average molecular weight is 279 g/mol. The maximum Gasteiger partial charge on any atom is 0.188 e. The number of hydrogen-bond donors (Lipinski definition) is 2. The largest absolute Gasteiger partial charge is 0.493 e. The van der Waals surface area contributed by atoms with Crippen LogP contribution in [0.15, 0.2) is 23.2 Å². The van der Waals surface area contributed by atoms with E-state index in [0.29, 0.717) is 19.1 Å². The van der Waals surface area contributed by atoms with Gasteiger partial charge in [-0.15, -0.1) is 0 Å². The van der Waals surface area contributed by atoms with Crippen LogP contribution < -0.4 is 20.5 Å². The Hall–Kier alpha value is -1.91. The lowest BCUT2D eigenvalue weighted by molar-refractivity contribution is 0.310. The summed E-state index contributed by atoms with van der Waals surface area (Å²) in [6.45, 7) is 6.08. The molecule has 1 aromatic carbocycles. The van der Waals surface area contributed by atoms with E-state index in [1.807, 2.05) is 25.1 Å². The molecule has 0 heterocycles. The Bertz CT molecular complexity index is 433. The minimum atomic E-state index is 0.478. The molecule has 3 N–H and O–H groups in total. The van der Waals surface area contributed by atoms with Crippen LogP contribution in [-0.2, 0) is 6.54 Å². The molecule has 0 aliphatic heterocycles. The molecule has 0 radical (unpaired) electrons. The van der Waals surface area contributed by atoms with Gasteiger partial charge in [0.2, 0.25) is 0 Å². The van der Waals surface area contributed by atoms with Gasteiger partial charge >= 0.3 is 0 Å². The number of hydrogen-bond acceptors (Lipinski definition) is 3. The van der Waals surface area contributed by atoms with Crippen molar-refractivity contribution in [1.82, 2.24) is 5.32 Å². The Labute approximate surface area is 121 Å². The molecule has 0 amide bonds. The molecule has 1 rings (SSSR count). The third-order valence-electron chi connectivity index (χ3n) is 2.80. The predicted molar refractivity (Wildman–Crippen MR) is 82.4 cm³/mol. The minimum absolute atomic E-state index is 0.478. The van der Waals surface area contributed by atoms with Crippen molar-refractivity contribution in [2.24, 2.45) is 10.7 Å². The van der Waals surface area contributed by atoms with E-state index in [4.69, 9.17) is 15.2 Å². The molecule has 0 saturated heterocycles. The standard InChI is InChI=1S/C15H25N3O2/c1-4-6-9-17-15(16)18-11-12-7-8-13(20-5-2)14(10-12)19-3/h7-8,10H,4-6,9,11H2,1-3H3,(H3,16,17,18). The first kappa shape index (κ1) is 16.1. The van der Waals surface area contributed by atoms with E-state index in [1.165, 1.54) is 0 Å². The summed E-state index contributed by atoms with van der Waals surface area (Å²) in [4.78, 5) is 4.30. The summed E-state index contributed by atoms with van der Waals surface area (Å²) in [5, 5.41) is 3.09. The molecule has 0 aliphatic rings. The first-order valence-electron chi connectivity index (χ1n) is 7.04. The highest BCUT2D eigenvalue weighted by Gasteiger charge is 2.04. The van der Waals surface area contributed by atoms with Gasteiger partial charge in [-0.25, -0.2) is 4.99 Å². The molecule has 20 heavy (non-hydrogen) atoms. The maximum absolute atomic E-state index is 5.79. The number of rotatable bonds is 8. The SMILES string of the molecule is CCCCNC(N)=NCc1ccc(OCC)c(OC)c1. The van der Waals surface area contributed by atoms with Gasteiger partial charge in [-0.1, -0.05) is 19.4 Å². The van der Waals surface area contributed by atoms with Crippen LogP contribution >= 0.6 is 0 Å². The number of nitrogens with one attached hydrogen (secondary N) is 1. The highest BCUT2D eigenvalue weighted by atomic mass is 16.5. The van der Waals surface area contributed by atoms with Crippen LogP contribution in [0.4, 0.5) is 0 Å². The van der Waals surface area contributed by atoms with Crippen molar-refractivity contribution >= 4 is 5.96 Å². The lowest BCUT2D eigenvalue weighted by atomic mass is 10.2. The van der Waals surface area contributed by atoms with Gasteiger partial charge in [0.1, 0.15) is 0 Å². The van der Waals surface area contributed by atoms with Crippen molar-refractivity contribution in [2.45, 2.75) is 33.2 Å². The van der Waals surface area contributed by atoms with Gasteiger partial charge in [0, 0.05) is 6.54 Å². The van der Waals surface area contributed by atoms with E-state index in [9.17, 15) is 0 Å². The lowest BCUT2D eigenvalue weighted by Crippen LogP contribution is -2.32. The highest BCUT2D eigenvalue weighted by Crippen LogP contribution is 2.28. The zero-order valence-corrected chi connectivity index (χ0v) is 12.6. The van der Waals surface area contributed by atoms with E-state index >= 15 is 0 Å². The van der Waals surface area contributed by atoms with Gasteiger partial charge in [0.15, 0.2) is 17.5 Å². The van der Waals surface area contributed by atoms with Crippen molar-refractivity contribution in [3.63, 3.8) is 0 Å². The Balaban J connectivity index is 2.61. The summed E-state index contributed by atoms with van der Waals surface area (Å²) in [5.74, 6) is 1.94. The second kappa shape index (κ2) is 9.07. The molecule has 0 aliphatic carbocycles. The first-order chi connectivity index (χ1) is 9.71. The number of guanidine groups is 1. The molecule has 5 nitrogen and oxygen atoms in total. The van der Waals surface area contributed by atoms with Crippen LogP contribution in [0.3, 0.4) is 0 Å². The van der Waals surface area contributed by atoms with Crippen molar-refractivity contribution in [1.29, 1.82) is 0 Å². The third kappa shape index (κ3) is 5.38. The summed E-state index contributed by atoms with van der Waals surface area (Å²) in [6, 6.07) is 5.79. The summed E-state index contributed by atoms with van der Waals surface area (Å²) >= 11 is 0. The van der Waals surface area contributed by atoms with Crippen LogP contribution in [0.1, 0.15) is 32.3 Å². The van der Waals surface area contributed by atoms with Crippen molar-refractivity contribution in [3.8, 4) is 11.5 Å². The zero-order chi connectivity index (χ0) is 14.8. The Morgan fingerprint density at radius 3 is 2.75 bits per heavy atom. The molecule has 1 aromatic rings. The molecule has 0 aromatic heterocycles. The van der Waals surface area contributed by atoms with Crippen LogP contribution in [-0.4, -0.2) is 26.2 Å². The molecule has 0 unspecified atom stereocenters. The first-order valence-corrected chi connectivity index (χ1v) is 7.04. The fourth-order valence-corrected chi connectivity index (χ4v) is 1.71. The number of nitrogens with two attached hydrogens (primary N) is 1. The van der Waals surface area contributed by atoms with E-state index in [0.717, 1.165) is 36.4 Å². The summed E-state index contributed by atoms with van der Waals surface area (Å²) in [5.41, 5.74) is 6.83. The van der Waals surface area contributed by atoms with Crippen molar-refractivity contribution in [2.75, 3.05) is 20.3 Å².